The number of piperidine rings is 1. The van der Waals surface area contributed by atoms with Gasteiger partial charge in [0.05, 0.1) is 21.3 Å². The molecule has 1 N–H and O–H groups in total. The highest BCUT2D eigenvalue weighted by molar-refractivity contribution is 5.80. The molecule has 168 valence electrons. The first-order valence-corrected chi connectivity index (χ1v) is 11.0. The van der Waals surface area contributed by atoms with Crippen molar-refractivity contribution in [3.8, 4) is 17.2 Å². The Hall–Kier alpha value is -2.89. The third kappa shape index (κ3) is 5.84. The van der Waals surface area contributed by atoms with E-state index < -0.39 is 0 Å². The summed E-state index contributed by atoms with van der Waals surface area (Å²) in [5.41, 5.74) is 2.51. The SMILES string of the molecule is CN=C(NCCc1ccc(OC)c(OC)c1OC)N1CCC(Cc2ccccc2)CC1. The van der Waals surface area contributed by atoms with Crippen LogP contribution in [-0.2, 0) is 12.8 Å². The van der Waals surface area contributed by atoms with E-state index in [1.807, 2.05) is 19.2 Å². The predicted molar refractivity (Wildman–Crippen MR) is 126 cm³/mol. The maximum absolute atomic E-state index is 5.60. The van der Waals surface area contributed by atoms with Gasteiger partial charge in [-0.1, -0.05) is 36.4 Å². The van der Waals surface area contributed by atoms with Gasteiger partial charge in [-0.3, -0.25) is 4.99 Å². The summed E-state index contributed by atoms with van der Waals surface area (Å²) in [6.45, 7) is 2.84. The normalized spacial score (nSPS) is 15.0. The molecule has 1 aliphatic rings. The van der Waals surface area contributed by atoms with E-state index in [1.165, 1.54) is 24.8 Å². The summed E-state index contributed by atoms with van der Waals surface area (Å²) < 4.78 is 16.5. The van der Waals surface area contributed by atoms with Gasteiger partial charge < -0.3 is 24.4 Å². The highest BCUT2D eigenvalue weighted by Crippen LogP contribution is 2.39. The van der Waals surface area contributed by atoms with Crippen LogP contribution in [0.3, 0.4) is 0 Å². The number of hydrogen-bond donors (Lipinski definition) is 1. The Labute approximate surface area is 186 Å². The Kier molecular flexibility index (Phi) is 8.44. The quantitative estimate of drug-likeness (QED) is 0.515. The lowest BCUT2D eigenvalue weighted by Gasteiger charge is -2.34. The van der Waals surface area contributed by atoms with Gasteiger partial charge in [0.1, 0.15) is 0 Å². The molecule has 0 amide bonds. The molecule has 2 aromatic carbocycles. The number of guanidine groups is 1. The van der Waals surface area contributed by atoms with Crippen molar-refractivity contribution in [3.63, 3.8) is 0 Å². The summed E-state index contributed by atoms with van der Waals surface area (Å²) in [4.78, 5) is 6.88. The van der Waals surface area contributed by atoms with Crippen molar-refractivity contribution in [3.05, 3.63) is 53.6 Å². The molecule has 31 heavy (non-hydrogen) atoms. The van der Waals surface area contributed by atoms with Crippen molar-refractivity contribution in [1.82, 2.24) is 10.2 Å². The molecule has 0 saturated carbocycles. The summed E-state index contributed by atoms with van der Waals surface area (Å²) in [6.07, 6.45) is 4.35. The summed E-state index contributed by atoms with van der Waals surface area (Å²) in [6, 6.07) is 14.7. The predicted octanol–water partition coefficient (Wildman–Crippen LogP) is 3.79. The summed E-state index contributed by atoms with van der Waals surface area (Å²) >= 11 is 0. The minimum absolute atomic E-state index is 0.632. The molecule has 1 saturated heterocycles. The second-order valence-electron chi connectivity index (χ2n) is 7.84. The molecular formula is C25H35N3O3. The van der Waals surface area contributed by atoms with Crippen molar-refractivity contribution in [2.24, 2.45) is 10.9 Å². The lowest BCUT2D eigenvalue weighted by Crippen LogP contribution is -2.46. The lowest BCUT2D eigenvalue weighted by atomic mass is 9.90. The standard InChI is InChI=1S/C25H35N3O3/c1-26-25(28-16-13-20(14-17-28)18-19-8-6-5-7-9-19)27-15-12-21-10-11-22(29-2)24(31-4)23(21)30-3/h5-11,20H,12-18H2,1-4H3,(H,26,27). The van der Waals surface area contributed by atoms with Gasteiger partial charge in [-0.05, 0) is 43.2 Å². The van der Waals surface area contributed by atoms with Gasteiger partial charge in [0.2, 0.25) is 5.75 Å². The Morgan fingerprint density at radius 2 is 1.68 bits per heavy atom. The van der Waals surface area contributed by atoms with Crippen molar-refractivity contribution in [1.29, 1.82) is 0 Å². The molecule has 0 bridgehead atoms. The average Bonchev–Trinajstić information content (AvgIpc) is 2.82. The Morgan fingerprint density at radius 3 is 2.29 bits per heavy atom. The van der Waals surface area contributed by atoms with Gasteiger partial charge in [0.25, 0.3) is 0 Å². The van der Waals surface area contributed by atoms with Crippen LogP contribution in [0.1, 0.15) is 24.0 Å². The summed E-state index contributed by atoms with van der Waals surface area (Å²) in [7, 11) is 6.78. The molecule has 1 aliphatic heterocycles. The van der Waals surface area contributed by atoms with E-state index in [2.05, 4.69) is 45.5 Å². The first-order chi connectivity index (χ1) is 15.2. The Balaban J connectivity index is 1.51. The fourth-order valence-corrected chi connectivity index (χ4v) is 4.30. The maximum Gasteiger partial charge on any atom is 0.203 e. The molecule has 2 aromatic rings. The molecular weight excluding hydrogens is 390 g/mol. The number of ether oxygens (including phenoxy) is 3. The molecule has 0 radical (unpaired) electrons. The smallest absolute Gasteiger partial charge is 0.203 e. The molecule has 0 unspecified atom stereocenters. The molecule has 6 heteroatoms. The van der Waals surface area contributed by atoms with E-state index in [0.29, 0.717) is 11.5 Å². The fourth-order valence-electron chi connectivity index (χ4n) is 4.30. The highest BCUT2D eigenvalue weighted by Gasteiger charge is 2.22. The van der Waals surface area contributed by atoms with E-state index in [9.17, 15) is 0 Å². The van der Waals surface area contributed by atoms with E-state index in [4.69, 9.17) is 14.2 Å². The third-order valence-corrected chi connectivity index (χ3v) is 5.96. The van der Waals surface area contributed by atoms with Crippen LogP contribution < -0.4 is 19.5 Å². The van der Waals surface area contributed by atoms with Crippen LogP contribution in [0.4, 0.5) is 0 Å². The number of nitrogens with one attached hydrogen (secondary N) is 1. The minimum Gasteiger partial charge on any atom is -0.493 e. The third-order valence-electron chi connectivity index (χ3n) is 5.96. The second-order valence-corrected chi connectivity index (χ2v) is 7.84. The first-order valence-electron chi connectivity index (χ1n) is 11.0. The van der Waals surface area contributed by atoms with E-state index in [-0.39, 0.29) is 0 Å². The van der Waals surface area contributed by atoms with Crippen LogP contribution in [0.25, 0.3) is 0 Å². The maximum atomic E-state index is 5.60. The Morgan fingerprint density at radius 1 is 0.968 bits per heavy atom. The molecule has 0 atom stereocenters. The number of nitrogens with zero attached hydrogens (tertiary/aromatic N) is 2. The van der Waals surface area contributed by atoms with Gasteiger partial charge in [0, 0.05) is 32.2 Å². The minimum atomic E-state index is 0.632. The molecule has 0 aliphatic carbocycles. The number of methoxy groups -OCH3 is 3. The van der Waals surface area contributed by atoms with Gasteiger partial charge in [0.15, 0.2) is 17.5 Å². The number of aliphatic imine (C=N–C) groups is 1. The van der Waals surface area contributed by atoms with Gasteiger partial charge >= 0.3 is 0 Å². The zero-order chi connectivity index (χ0) is 22.1. The number of likely N-dealkylation sites (tertiary alicyclic amines) is 1. The molecule has 1 heterocycles. The van der Waals surface area contributed by atoms with Crippen LogP contribution in [0.5, 0.6) is 17.2 Å². The second kappa shape index (κ2) is 11.5. The van der Waals surface area contributed by atoms with Crippen molar-refractivity contribution in [2.75, 3.05) is 48.0 Å². The van der Waals surface area contributed by atoms with Crippen LogP contribution >= 0.6 is 0 Å². The Bertz CT molecular complexity index is 847. The first kappa shape index (κ1) is 22.8. The number of rotatable bonds is 8. The zero-order valence-electron chi connectivity index (χ0n) is 19.2. The van der Waals surface area contributed by atoms with E-state index >= 15 is 0 Å². The zero-order valence-corrected chi connectivity index (χ0v) is 19.2. The molecule has 0 spiro atoms. The van der Waals surface area contributed by atoms with Crippen molar-refractivity contribution < 1.29 is 14.2 Å². The van der Waals surface area contributed by atoms with Crippen LogP contribution in [0.15, 0.2) is 47.5 Å². The number of benzene rings is 2. The monoisotopic (exact) mass is 425 g/mol. The van der Waals surface area contributed by atoms with Crippen LogP contribution in [-0.4, -0.2) is 58.9 Å². The fraction of sp³-hybridized carbons (Fsp3) is 0.480. The van der Waals surface area contributed by atoms with E-state index in [0.717, 1.165) is 49.2 Å². The molecule has 3 rings (SSSR count). The molecule has 6 nitrogen and oxygen atoms in total. The van der Waals surface area contributed by atoms with E-state index in [1.54, 1.807) is 21.3 Å². The van der Waals surface area contributed by atoms with Crippen molar-refractivity contribution in [2.45, 2.75) is 25.7 Å². The lowest BCUT2D eigenvalue weighted by molar-refractivity contribution is 0.259. The molecule has 0 aromatic heterocycles. The summed E-state index contributed by atoms with van der Waals surface area (Å²) in [5.74, 6) is 3.74. The van der Waals surface area contributed by atoms with Crippen LogP contribution in [0, 0.1) is 5.92 Å². The largest absolute Gasteiger partial charge is 0.493 e. The molecule has 1 fully saturated rings. The van der Waals surface area contributed by atoms with Crippen LogP contribution in [0.2, 0.25) is 0 Å². The summed E-state index contributed by atoms with van der Waals surface area (Å²) in [5, 5.41) is 3.52. The number of hydrogen-bond acceptors (Lipinski definition) is 4. The van der Waals surface area contributed by atoms with Gasteiger partial charge in [-0.2, -0.15) is 0 Å². The average molecular weight is 426 g/mol. The highest BCUT2D eigenvalue weighted by atomic mass is 16.5. The van der Waals surface area contributed by atoms with Gasteiger partial charge in [-0.25, -0.2) is 0 Å². The van der Waals surface area contributed by atoms with Crippen molar-refractivity contribution >= 4 is 5.96 Å². The topological polar surface area (TPSA) is 55.3 Å². The van der Waals surface area contributed by atoms with Gasteiger partial charge in [-0.15, -0.1) is 0 Å².